The minimum absolute atomic E-state index is 0.00509. The second kappa shape index (κ2) is 6.72. The van der Waals surface area contributed by atoms with Crippen LogP contribution in [-0.4, -0.2) is 18.4 Å². The highest BCUT2D eigenvalue weighted by atomic mass is 16.2. The summed E-state index contributed by atoms with van der Waals surface area (Å²) in [5.74, 6) is -0.0212. The largest absolute Gasteiger partial charge is 0.330 e. The molecule has 4 N–H and O–H groups in total. The number of carbonyl (C=O) groups is 2. The quantitative estimate of drug-likeness (QED) is 0.752. The first-order valence-corrected chi connectivity index (χ1v) is 7.47. The average Bonchev–Trinajstić information content (AvgIpc) is 2.45. The molecule has 0 unspecified atom stereocenters. The highest BCUT2D eigenvalue weighted by molar-refractivity contribution is 5.93. The van der Waals surface area contributed by atoms with Crippen molar-refractivity contribution in [3.8, 4) is 0 Å². The molecule has 1 aromatic carbocycles. The van der Waals surface area contributed by atoms with Gasteiger partial charge in [0.15, 0.2) is 0 Å². The number of anilines is 2. The van der Waals surface area contributed by atoms with E-state index in [1.54, 1.807) is 31.2 Å². The molecule has 0 saturated heterocycles. The molecule has 2 amide bonds. The Labute approximate surface area is 125 Å². The van der Waals surface area contributed by atoms with Gasteiger partial charge in [-0.15, -0.1) is 0 Å². The first-order chi connectivity index (χ1) is 10.1. The van der Waals surface area contributed by atoms with Gasteiger partial charge < -0.3 is 16.4 Å². The highest BCUT2D eigenvalue weighted by Gasteiger charge is 2.37. The number of hydrogen-bond acceptors (Lipinski definition) is 3. The molecule has 2 rings (SSSR count). The summed E-state index contributed by atoms with van der Waals surface area (Å²) in [7, 11) is 0. The molecular weight excluding hydrogens is 266 g/mol. The summed E-state index contributed by atoms with van der Waals surface area (Å²) in [6, 6.07) is 7.15. The zero-order valence-electron chi connectivity index (χ0n) is 12.4. The third-order valence-electron chi connectivity index (χ3n) is 4.16. The molecule has 0 atom stereocenters. The maximum atomic E-state index is 12.1. The van der Waals surface area contributed by atoms with Crippen LogP contribution in [0.1, 0.15) is 39.0 Å². The Bertz CT molecular complexity index is 501. The van der Waals surface area contributed by atoms with E-state index >= 15 is 0 Å². The maximum absolute atomic E-state index is 12.1. The smallest absolute Gasteiger partial charge is 0.224 e. The van der Waals surface area contributed by atoms with Crippen molar-refractivity contribution < 1.29 is 9.59 Å². The lowest BCUT2D eigenvalue weighted by Gasteiger charge is -2.40. The van der Waals surface area contributed by atoms with E-state index in [0.717, 1.165) is 30.6 Å². The van der Waals surface area contributed by atoms with Gasteiger partial charge in [-0.2, -0.15) is 0 Å². The SMILES string of the molecule is CCC(=O)Nc1ccc(NC(=O)CC2(CN)CCC2)cc1. The van der Waals surface area contributed by atoms with Gasteiger partial charge in [0.05, 0.1) is 0 Å². The van der Waals surface area contributed by atoms with Crippen LogP contribution in [0.4, 0.5) is 11.4 Å². The van der Waals surface area contributed by atoms with Crippen molar-refractivity contribution in [3.63, 3.8) is 0 Å². The van der Waals surface area contributed by atoms with Crippen LogP contribution in [0.25, 0.3) is 0 Å². The summed E-state index contributed by atoms with van der Waals surface area (Å²) >= 11 is 0. The first-order valence-electron chi connectivity index (χ1n) is 7.47. The van der Waals surface area contributed by atoms with Crippen molar-refractivity contribution in [1.82, 2.24) is 0 Å². The first kappa shape index (κ1) is 15.5. The molecule has 0 aromatic heterocycles. The van der Waals surface area contributed by atoms with Crippen LogP contribution in [0, 0.1) is 5.41 Å². The molecule has 0 bridgehead atoms. The highest BCUT2D eigenvalue weighted by Crippen LogP contribution is 2.43. The molecule has 1 aromatic rings. The van der Waals surface area contributed by atoms with Crippen molar-refractivity contribution in [2.24, 2.45) is 11.1 Å². The molecule has 1 fully saturated rings. The van der Waals surface area contributed by atoms with Crippen molar-refractivity contribution in [3.05, 3.63) is 24.3 Å². The molecule has 1 aliphatic carbocycles. The van der Waals surface area contributed by atoms with Crippen LogP contribution in [0.3, 0.4) is 0 Å². The molecule has 0 radical (unpaired) electrons. The molecule has 5 nitrogen and oxygen atoms in total. The van der Waals surface area contributed by atoms with Gasteiger partial charge >= 0.3 is 0 Å². The fourth-order valence-electron chi connectivity index (χ4n) is 2.56. The number of rotatable bonds is 6. The van der Waals surface area contributed by atoms with Gasteiger partial charge in [-0.05, 0) is 49.1 Å². The molecule has 0 aliphatic heterocycles. The number of benzene rings is 1. The lowest BCUT2D eigenvalue weighted by atomic mass is 9.66. The van der Waals surface area contributed by atoms with Crippen molar-refractivity contribution >= 4 is 23.2 Å². The zero-order valence-corrected chi connectivity index (χ0v) is 12.4. The van der Waals surface area contributed by atoms with E-state index in [2.05, 4.69) is 10.6 Å². The van der Waals surface area contributed by atoms with Gasteiger partial charge in [-0.3, -0.25) is 9.59 Å². The topological polar surface area (TPSA) is 84.2 Å². The third-order valence-corrected chi connectivity index (χ3v) is 4.16. The molecule has 114 valence electrons. The summed E-state index contributed by atoms with van der Waals surface area (Å²) in [5, 5.41) is 5.66. The van der Waals surface area contributed by atoms with E-state index in [4.69, 9.17) is 5.73 Å². The number of amides is 2. The number of nitrogens with one attached hydrogen (secondary N) is 2. The fourth-order valence-corrected chi connectivity index (χ4v) is 2.56. The predicted molar refractivity (Wildman–Crippen MR) is 83.9 cm³/mol. The molecule has 1 aliphatic rings. The van der Waals surface area contributed by atoms with Crippen LogP contribution in [0.15, 0.2) is 24.3 Å². The Morgan fingerprint density at radius 1 is 1.10 bits per heavy atom. The summed E-state index contributed by atoms with van der Waals surface area (Å²) in [6.07, 6.45) is 4.17. The van der Waals surface area contributed by atoms with Gasteiger partial charge in [0.25, 0.3) is 0 Å². The van der Waals surface area contributed by atoms with Crippen molar-refractivity contribution in [2.75, 3.05) is 17.2 Å². The maximum Gasteiger partial charge on any atom is 0.224 e. The number of carbonyl (C=O) groups excluding carboxylic acids is 2. The molecule has 21 heavy (non-hydrogen) atoms. The van der Waals surface area contributed by atoms with Gasteiger partial charge in [0.2, 0.25) is 11.8 Å². The van der Waals surface area contributed by atoms with Crippen LogP contribution < -0.4 is 16.4 Å². The molecule has 1 saturated carbocycles. The molecular formula is C16H23N3O2. The van der Waals surface area contributed by atoms with E-state index in [1.807, 2.05) is 0 Å². The standard InChI is InChI=1S/C16H23N3O2/c1-2-14(20)18-12-4-6-13(7-5-12)19-15(21)10-16(11-17)8-3-9-16/h4-7H,2-3,8-11,17H2,1H3,(H,18,20)(H,19,21). The van der Waals surface area contributed by atoms with Gasteiger partial charge in [0.1, 0.15) is 0 Å². The minimum atomic E-state index is -0.0262. The summed E-state index contributed by atoms with van der Waals surface area (Å²) in [5.41, 5.74) is 7.25. The van der Waals surface area contributed by atoms with Crippen LogP contribution in [0.5, 0.6) is 0 Å². The Morgan fingerprint density at radius 2 is 1.62 bits per heavy atom. The van der Waals surface area contributed by atoms with Crippen LogP contribution in [-0.2, 0) is 9.59 Å². The van der Waals surface area contributed by atoms with Crippen LogP contribution in [0.2, 0.25) is 0 Å². The summed E-state index contributed by atoms with van der Waals surface area (Å²) < 4.78 is 0. The number of hydrogen-bond donors (Lipinski definition) is 3. The van der Waals surface area contributed by atoms with E-state index < -0.39 is 0 Å². The van der Waals surface area contributed by atoms with Gasteiger partial charge in [-0.1, -0.05) is 13.3 Å². The number of nitrogens with two attached hydrogens (primary N) is 1. The molecule has 0 spiro atoms. The predicted octanol–water partition coefficient (Wildman–Crippen LogP) is 2.49. The van der Waals surface area contributed by atoms with Crippen LogP contribution >= 0.6 is 0 Å². The van der Waals surface area contributed by atoms with Crippen molar-refractivity contribution in [1.29, 1.82) is 0 Å². The Hall–Kier alpha value is -1.88. The van der Waals surface area contributed by atoms with Gasteiger partial charge in [-0.25, -0.2) is 0 Å². The zero-order chi connectivity index (χ0) is 15.3. The molecule has 5 heteroatoms. The second-order valence-corrected chi connectivity index (χ2v) is 5.76. The third kappa shape index (κ3) is 4.04. The summed E-state index contributed by atoms with van der Waals surface area (Å²) in [4.78, 5) is 23.3. The lowest BCUT2D eigenvalue weighted by Crippen LogP contribution is -2.40. The Morgan fingerprint density at radius 3 is 2.00 bits per heavy atom. The Balaban J connectivity index is 1.88. The van der Waals surface area contributed by atoms with E-state index in [0.29, 0.717) is 19.4 Å². The minimum Gasteiger partial charge on any atom is -0.330 e. The monoisotopic (exact) mass is 289 g/mol. The fraction of sp³-hybridized carbons (Fsp3) is 0.500. The van der Waals surface area contributed by atoms with E-state index in [1.165, 1.54) is 0 Å². The van der Waals surface area contributed by atoms with E-state index in [-0.39, 0.29) is 17.2 Å². The second-order valence-electron chi connectivity index (χ2n) is 5.76. The summed E-state index contributed by atoms with van der Waals surface area (Å²) in [6.45, 7) is 2.38. The Kier molecular flexibility index (Phi) is 4.96. The normalized spacial score (nSPS) is 15.9. The van der Waals surface area contributed by atoms with Gasteiger partial charge in [0, 0.05) is 24.2 Å². The lowest BCUT2D eigenvalue weighted by molar-refractivity contribution is -0.119. The average molecular weight is 289 g/mol. The molecule has 0 heterocycles. The van der Waals surface area contributed by atoms with E-state index in [9.17, 15) is 9.59 Å². The van der Waals surface area contributed by atoms with Crippen molar-refractivity contribution in [2.45, 2.75) is 39.0 Å².